The molecular formula is C16H30N2O2. The third-order valence-corrected chi connectivity index (χ3v) is 4.95. The van der Waals surface area contributed by atoms with Crippen molar-refractivity contribution in [2.24, 2.45) is 11.8 Å². The van der Waals surface area contributed by atoms with Gasteiger partial charge in [0.2, 0.25) is 5.91 Å². The Morgan fingerprint density at radius 2 is 2.00 bits per heavy atom. The molecule has 4 unspecified atom stereocenters. The van der Waals surface area contributed by atoms with Crippen molar-refractivity contribution in [3.05, 3.63) is 0 Å². The minimum absolute atomic E-state index is 0.00699. The number of carbonyl (C=O) groups excluding carboxylic acids is 1. The van der Waals surface area contributed by atoms with Crippen LogP contribution >= 0.6 is 0 Å². The van der Waals surface area contributed by atoms with Gasteiger partial charge in [-0.1, -0.05) is 26.7 Å². The molecule has 0 aromatic heterocycles. The number of fused-ring (bicyclic) bond motifs is 1. The van der Waals surface area contributed by atoms with Gasteiger partial charge in [-0.05, 0) is 37.5 Å². The molecule has 1 aliphatic carbocycles. The number of methoxy groups -OCH3 is 1. The lowest BCUT2D eigenvalue weighted by atomic mass is 9.77. The molecular weight excluding hydrogens is 252 g/mol. The van der Waals surface area contributed by atoms with E-state index in [0.29, 0.717) is 18.6 Å². The molecule has 2 N–H and O–H groups in total. The van der Waals surface area contributed by atoms with Gasteiger partial charge in [0.05, 0.1) is 18.7 Å². The zero-order valence-electron chi connectivity index (χ0n) is 13.2. The van der Waals surface area contributed by atoms with Gasteiger partial charge in [0.25, 0.3) is 0 Å². The van der Waals surface area contributed by atoms with Gasteiger partial charge in [-0.25, -0.2) is 0 Å². The average molecular weight is 282 g/mol. The van der Waals surface area contributed by atoms with Gasteiger partial charge < -0.3 is 15.4 Å². The third-order valence-electron chi connectivity index (χ3n) is 4.95. The maximum absolute atomic E-state index is 12.4. The molecule has 1 amide bonds. The van der Waals surface area contributed by atoms with E-state index in [2.05, 4.69) is 24.5 Å². The summed E-state index contributed by atoms with van der Waals surface area (Å²) < 4.78 is 5.20. The standard InChI is InChI=1S/C16H30N2O2/c1-11(2)15(10-20-3)18-16(19)14-9-8-12-6-4-5-7-13(12)17-14/h11-15,17H,4-10H2,1-3H3,(H,18,19). The van der Waals surface area contributed by atoms with Crippen molar-refractivity contribution >= 4 is 5.91 Å². The van der Waals surface area contributed by atoms with Crippen molar-refractivity contribution in [1.82, 2.24) is 10.6 Å². The lowest BCUT2D eigenvalue weighted by molar-refractivity contribution is -0.126. The number of hydrogen-bond acceptors (Lipinski definition) is 3. The van der Waals surface area contributed by atoms with Crippen molar-refractivity contribution < 1.29 is 9.53 Å². The van der Waals surface area contributed by atoms with Crippen LogP contribution in [0, 0.1) is 11.8 Å². The molecule has 2 fully saturated rings. The number of amides is 1. The number of carbonyl (C=O) groups is 1. The minimum atomic E-state index is -0.00699. The molecule has 0 aromatic carbocycles. The lowest BCUT2D eigenvalue weighted by Crippen LogP contribution is -2.57. The zero-order chi connectivity index (χ0) is 14.5. The summed E-state index contributed by atoms with van der Waals surface area (Å²) in [6.07, 6.45) is 7.42. The first-order valence-electron chi connectivity index (χ1n) is 8.17. The molecule has 0 aromatic rings. The summed E-state index contributed by atoms with van der Waals surface area (Å²) in [5.41, 5.74) is 0. The highest BCUT2D eigenvalue weighted by Gasteiger charge is 2.35. The maximum Gasteiger partial charge on any atom is 0.237 e. The zero-order valence-corrected chi connectivity index (χ0v) is 13.2. The van der Waals surface area contributed by atoms with Crippen LogP contribution in [0.5, 0.6) is 0 Å². The van der Waals surface area contributed by atoms with Crippen LogP contribution in [-0.4, -0.2) is 37.7 Å². The summed E-state index contributed by atoms with van der Waals surface area (Å²) in [4.78, 5) is 12.4. The minimum Gasteiger partial charge on any atom is -0.383 e. The Balaban J connectivity index is 1.86. The van der Waals surface area contributed by atoms with E-state index in [0.717, 1.165) is 12.3 Å². The highest BCUT2D eigenvalue weighted by atomic mass is 16.5. The second kappa shape index (κ2) is 7.41. The second-order valence-electron chi connectivity index (χ2n) is 6.76. The number of rotatable bonds is 5. The van der Waals surface area contributed by atoms with E-state index in [1.807, 2.05) is 0 Å². The van der Waals surface area contributed by atoms with E-state index in [1.54, 1.807) is 7.11 Å². The molecule has 1 heterocycles. The normalized spacial score (nSPS) is 31.7. The topological polar surface area (TPSA) is 50.4 Å². The summed E-state index contributed by atoms with van der Waals surface area (Å²) in [7, 11) is 1.69. The molecule has 2 rings (SSSR count). The largest absolute Gasteiger partial charge is 0.383 e. The van der Waals surface area contributed by atoms with E-state index < -0.39 is 0 Å². The van der Waals surface area contributed by atoms with Gasteiger partial charge in [0.1, 0.15) is 0 Å². The molecule has 2 aliphatic rings. The quantitative estimate of drug-likeness (QED) is 0.812. The summed E-state index contributed by atoms with van der Waals surface area (Å²) in [5, 5.41) is 6.74. The van der Waals surface area contributed by atoms with Crippen LogP contribution in [0.1, 0.15) is 52.4 Å². The predicted molar refractivity (Wildman–Crippen MR) is 80.5 cm³/mol. The van der Waals surface area contributed by atoms with Crippen molar-refractivity contribution in [1.29, 1.82) is 0 Å². The SMILES string of the molecule is COCC(NC(=O)C1CCC2CCCCC2N1)C(C)C. The van der Waals surface area contributed by atoms with Crippen molar-refractivity contribution in [2.75, 3.05) is 13.7 Å². The Morgan fingerprint density at radius 1 is 1.25 bits per heavy atom. The van der Waals surface area contributed by atoms with Crippen LogP contribution in [-0.2, 0) is 9.53 Å². The van der Waals surface area contributed by atoms with Crippen LogP contribution in [0.3, 0.4) is 0 Å². The molecule has 0 bridgehead atoms. The van der Waals surface area contributed by atoms with Crippen LogP contribution in [0.25, 0.3) is 0 Å². The van der Waals surface area contributed by atoms with Gasteiger partial charge >= 0.3 is 0 Å². The Morgan fingerprint density at radius 3 is 2.70 bits per heavy atom. The molecule has 20 heavy (non-hydrogen) atoms. The monoisotopic (exact) mass is 282 g/mol. The highest BCUT2D eigenvalue weighted by Crippen LogP contribution is 2.32. The Bertz CT molecular complexity index is 320. The van der Waals surface area contributed by atoms with Gasteiger partial charge in [-0.2, -0.15) is 0 Å². The average Bonchev–Trinajstić information content (AvgIpc) is 2.46. The summed E-state index contributed by atoms with van der Waals surface area (Å²) in [6.45, 7) is 4.83. The van der Waals surface area contributed by atoms with E-state index in [-0.39, 0.29) is 18.0 Å². The molecule has 0 radical (unpaired) electrons. The molecule has 0 spiro atoms. The Hall–Kier alpha value is -0.610. The van der Waals surface area contributed by atoms with Gasteiger partial charge in [0.15, 0.2) is 0 Å². The van der Waals surface area contributed by atoms with Gasteiger partial charge in [-0.15, -0.1) is 0 Å². The maximum atomic E-state index is 12.4. The van der Waals surface area contributed by atoms with E-state index in [4.69, 9.17) is 4.74 Å². The fourth-order valence-corrected chi connectivity index (χ4v) is 3.57. The number of ether oxygens (including phenoxy) is 1. The first-order valence-corrected chi connectivity index (χ1v) is 8.17. The van der Waals surface area contributed by atoms with E-state index >= 15 is 0 Å². The lowest BCUT2D eigenvalue weighted by Gasteiger charge is -2.40. The highest BCUT2D eigenvalue weighted by molar-refractivity contribution is 5.82. The van der Waals surface area contributed by atoms with E-state index in [9.17, 15) is 4.79 Å². The van der Waals surface area contributed by atoms with Crippen LogP contribution in [0.4, 0.5) is 0 Å². The van der Waals surface area contributed by atoms with E-state index in [1.165, 1.54) is 32.1 Å². The van der Waals surface area contributed by atoms with Crippen LogP contribution in [0.15, 0.2) is 0 Å². The van der Waals surface area contributed by atoms with Crippen LogP contribution in [0.2, 0.25) is 0 Å². The van der Waals surface area contributed by atoms with Crippen molar-refractivity contribution in [3.63, 3.8) is 0 Å². The first-order chi connectivity index (χ1) is 9.61. The Kier molecular flexibility index (Phi) is 5.85. The molecule has 1 aliphatic heterocycles. The van der Waals surface area contributed by atoms with Gasteiger partial charge in [-0.3, -0.25) is 4.79 Å². The van der Waals surface area contributed by atoms with Crippen molar-refractivity contribution in [3.8, 4) is 0 Å². The summed E-state index contributed by atoms with van der Waals surface area (Å²) in [5.74, 6) is 1.35. The third kappa shape index (κ3) is 3.95. The fraction of sp³-hybridized carbons (Fsp3) is 0.938. The molecule has 1 saturated heterocycles. The molecule has 116 valence electrons. The van der Waals surface area contributed by atoms with Crippen LogP contribution < -0.4 is 10.6 Å². The fourth-order valence-electron chi connectivity index (χ4n) is 3.57. The summed E-state index contributed by atoms with van der Waals surface area (Å²) >= 11 is 0. The molecule has 4 nitrogen and oxygen atoms in total. The molecule has 4 atom stereocenters. The molecule has 1 saturated carbocycles. The Labute approximate surface area is 123 Å². The summed E-state index contributed by atoms with van der Waals surface area (Å²) in [6, 6.07) is 0.666. The first kappa shape index (κ1) is 15.8. The van der Waals surface area contributed by atoms with Crippen molar-refractivity contribution in [2.45, 2.75) is 70.5 Å². The number of nitrogens with one attached hydrogen (secondary N) is 2. The second-order valence-corrected chi connectivity index (χ2v) is 6.76. The molecule has 4 heteroatoms. The number of piperidine rings is 1. The smallest absolute Gasteiger partial charge is 0.237 e. The van der Waals surface area contributed by atoms with Gasteiger partial charge in [0, 0.05) is 13.2 Å². The predicted octanol–water partition coefficient (Wildman–Crippen LogP) is 2.08. The number of hydrogen-bond donors (Lipinski definition) is 2.